The lowest BCUT2D eigenvalue weighted by atomic mass is 10.2. The number of aryl methyl sites for hydroxylation is 2. The third-order valence-electron chi connectivity index (χ3n) is 3.98. The van der Waals surface area contributed by atoms with Gasteiger partial charge >= 0.3 is 0 Å². The molecule has 0 unspecified atom stereocenters. The van der Waals surface area contributed by atoms with Gasteiger partial charge < -0.3 is 0 Å². The van der Waals surface area contributed by atoms with Crippen LogP contribution in [0.15, 0.2) is 71.0 Å². The minimum absolute atomic E-state index is 0.00663. The highest BCUT2D eigenvalue weighted by Crippen LogP contribution is 2.16. The minimum atomic E-state index is -3.74. The Morgan fingerprint density at radius 1 is 0.889 bits per heavy atom. The van der Waals surface area contributed by atoms with E-state index in [0.29, 0.717) is 0 Å². The van der Waals surface area contributed by atoms with Gasteiger partial charge in [0.05, 0.1) is 9.79 Å². The van der Waals surface area contributed by atoms with E-state index in [-0.39, 0.29) is 29.4 Å². The normalized spacial score (nSPS) is 12.3. The summed E-state index contributed by atoms with van der Waals surface area (Å²) in [6.07, 6.45) is 1.47. The third kappa shape index (κ3) is 5.49. The van der Waals surface area contributed by atoms with Crippen LogP contribution < -0.4 is 4.72 Å². The lowest BCUT2D eigenvalue weighted by Crippen LogP contribution is -2.38. The van der Waals surface area contributed by atoms with E-state index in [1.807, 2.05) is 13.8 Å². The molecule has 27 heavy (non-hydrogen) atoms. The molecule has 0 saturated carbocycles. The van der Waals surface area contributed by atoms with E-state index in [1.165, 1.54) is 34.6 Å². The highest BCUT2D eigenvalue weighted by molar-refractivity contribution is 7.89. The molecule has 2 aromatic rings. The maximum atomic E-state index is 12.8. The van der Waals surface area contributed by atoms with Gasteiger partial charge in [0.1, 0.15) is 0 Å². The number of benzene rings is 2. The highest BCUT2D eigenvalue weighted by atomic mass is 32.2. The van der Waals surface area contributed by atoms with E-state index >= 15 is 0 Å². The molecule has 0 bridgehead atoms. The van der Waals surface area contributed by atoms with Crippen molar-refractivity contribution in [3.05, 3.63) is 72.3 Å². The van der Waals surface area contributed by atoms with Gasteiger partial charge in [-0.2, -0.15) is 4.31 Å². The Morgan fingerprint density at radius 2 is 1.37 bits per heavy atom. The Kier molecular flexibility index (Phi) is 6.94. The molecule has 0 aliphatic carbocycles. The largest absolute Gasteiger partial charge is 0.243 e. The van der Waals surface area contributed by atoms with Gasteiger partial charge in [-0.25, -0.2) is 21.6 Å². The van der Waals surface area contributed by atoms with Crippen LogP contribution in [0.1, 0.15) is 11.1 Å². The van der Waals surface area contributed by atoms with Crippen molar-refractivity contribution in [1.29, 1.82) is 0 Å². The molecule has 0 spiro atoms. The monoisotopic (exact) mass is 408 g/mol. The van der Waals surface area contributed by atoms with Crippen molar-refractivity contribution in [2.24, 2.45) is 0 Å². The van der Waals surface area contributed by atoms with Gasteiger partial charge in [0.15, 0.2) is 0 Å². The molecule has 146 valence electrons. The maximum Gasteiger partial charge on any atom is 0.243 e. The molecule has 1 N–H and O–H groups in total. The molecular formula is C19H24N2O4S2. The van der Waals surface area contributed by atoms with Gasteiger partial charge in [-0.05, 0) is 38.1 Å². The molecule has 0 aliphatic rings. The van der Waals surface area contributed by atoms with Crippen LogP contribution in [0.5, 0.6) is 0 Å². The first kappa shape index (κ1) is 21.3. The Morgan fingerprint density at radius 3 is 1.85 bits per heavy atom. The zero-order valence-electron chi connectivity index (χ0n) is 15.4. The molecule has 2 rings (SSSR count). The molecule has 0 saturated heterocycles. The van der Waals surface area contributed by atoms with Crippen LogP contribution in [0, 0.1) is 13.8 Å². The summed E-state index contributed by atoms with van der Waals surface area (Å²) >= 11 is 0. The van der Waals surface area contributed by atoms with Gasteiger partial charge in [-0.1, -0.05) is 41.5 Å². The summed E-state index contributed by atoms with van der Waals surface area (Å²) in [5, 5.41) is 0. The summed E-state index contributed by atoms with van der Waals surface area (Å²) in [4.78, 5) is 0.307. The predicted molar refractivity (Wildman–Crippen MR) is 107 cm³/mol. The zero-order chi connectivity index (χ0) is 20.1. The minimum Gasteiger partial charge on any atom is -0.210 e. The summed E-state index contributed by atoms with van der Waals surface area (Å²) in [5.74, 6) is 0. The first-order chi connectivity index (χ1) is 12.7. The first-order valence-corrected chi connectivity index (χ1v) is 11.3. The second-order valence-electron chi connectivity index (χ2n) is 6.18. The number of rotatable bonds is 9. The summed E-state index contributed by atoms with van der Waals surface area (Å²) in [6, 6.07) is 13.0. The van der Waals surface area contributed by atoms with Crippen LogP contribution in [-0.4, -0.2) is 40.8 Å². The number of nitrogens with one attached hydrogen (secondary N) is 1. The summed E-state index contributed by atoms with van der Waals surface area (Å²) in [7, 11) is -7.44. The van der Waals surface area contributed by atoms with E-state index in [1.54, 1.807) is 24.3 Å². The molecular weight excluding hydrogens is 384 g/mol. The standard InChI is InChI=1S/C19H24N2O4S2/c1-4-14-21(27(24,25)19-11-7-17(3)8-12-19)15-13-20-26(22,23)18-9-5-16(2)6-10-18/h4-12,20H,1,13-15H2,2-3H3. The van der Waals surface area contributed by atoms with E-state index in [0.717, 1.165) is 11.1 Å². The Bertz CT molecular complexity index is 981. The Balaban J connectivity index is 2.11. The number of hydrogen-bond donors (Lipinski definition) is 1. The molecule has 6 nitrogen and oxygen atoms in total. The van der Waals surface area contributed by atoms with Crippen molar-refractivity contribution in [2.45, 2.75) is 23.6 Å². The van der Waals surface area contributed by atoms with Gasteiger partial charge in [-0.15, -0.1) is 6.58 Å². The second kappa shape index (κ2) is 8.79. The van der Waals surface area contributed by atoms with Crippen molar-refractivity contribution in [1.82, 2.24) is 9.03 Å². The van der Waals surface area contributed by atoms with Gasteiger partial charge in [0, 0.05) is 19.6 Å². The van der Waals surface area contributed by atoms with Crippen molar-refractivity contribution in [3.8, 4) is 0 Å². The second-order valence-corrected chi connectivity index (χ2v) is 9.88. The van der Waals surface area contributed by atoms with Crippen LogP contribution >= 0.6 is 0 Å². The summed E-state index contributed by atoms with van der Waals surface area (Å²) < 4.78 is 53.9. The zero-order valence-corrected chi connectivity index (χ0v) is 17.1. The molecule has 8 heteroatoms. The number of hydrogen-bond acceptors (Lipinski definition) is 4. The van der Waals surface area contributed by atoms with Gasteiger partial charge in [0.2, 0.25) is 20.0 Å². The lowest BCUT2D eigenvalue weighted by Gasteiger charge is -2.21. The van der Waals surface area contributed by atoms with E-state index in [9.17, 15) is 16.8 Å². The van der Waals surface area contributed by atoms with E-state index in [2.05, 4.69) is 11.3 Å². The third-order valence-corrected chi connectivity index (χ3v) is 7.33. The van der Waals surface area contributed by atoms with Crippen LogP contribution in [0.4, 0.5) is 0 Å². The summed E-state index contributed by atoms with van der Waals surface area (Å²) in [6.45, 7) is 7.36. The smallest absolute Gasteiger partial charge is 0.210 e. The summed E-state index contributed by atoms with van der Waals surface area (Å²) in [5.41, 5.74) is 1.91. The van der Waals surface area contributed by atoms with Crippen LogP contribution in [0.25, 0.3) is 0 Å². The fourth-order valence-corrected chi connectivity index (χ4v) is 4.85. The quantitative estimate of drug-likeness (QED) is 0.646. The Labute approximate surface area is 161 Å². The number of nitrogens with zero attached hydrogens (tertiary/aromatic N) is 1. The van der Waals surface area contributed by atoms with Crippen molar-refractivity contribution < 1.29 is 16.8 Å². The molecule has 0 radical (unpaired) electrons. The first-order valence-electron chi connectivity index (χ1n) is 8.41. The fraction of sp³-hybridized carbons (Fsp3) is 0.263. The number of sulfonamides is 2. The predicted octanol–water partition coefficient (Wildman–Crippen LogP) is 2.46. The molecule has 0 aliphatic heterocycles. The molecule has 0 fully saturated rings. The van der Waals surface area contributed by atoms with Crippen LogP contribution in [0.3, 0.4) is 0 Å². The van der Waals surface area contributed by atoms with Crippen LogP contribution in [-0.2, 0) is 20.0 Å². The molecule has 0 aromatic heterocycles. The Hall–Kier alpha value is -2.00. The SMILES string of the molecule is C=CCN(CCNS(=O)(=O)c1ccc(C)cc1)S(=O)(=O)c1ccc(C)cc1. The maximum absolute atomic E-state index is 12.8. The average Bonchev–Trinajstić information content (AvgIpc) is 2.61. The molecule has 0 atom stereocenters. The van der Waals surface area contributed by atoms with Crippen molar-refractivity contribution in [2.75, 3.05) is 19.6 Å². The fourth-order valence-electron chi connectivity index (χ4n) is 2.42. The van der Waals surface area contributed by atoms with Gasteiger partial charge in [0.25, 0.3) is 0 Å². The molecule has 0 heterocycles. The highest BCUT2D eigenvalue weighted by Gasteiger charge is 2.24. The lowest BCUT2D eigenvalue weighted by molar-refractivity contribution is 0.443. The van der Waals surface area contributed by atoms with Crippen LogP contribution in [0.2, 0.25) is 0 Å². The molecule has 2 aromatic carbocycles. The van der Waals surface area contributed by atoms with Crippen molar-refractivity contribution >= 4 is 20.0 Å². The van der Waals surface area contributed by atoms with E-state index in [4.69, 9.17) is 0 Å². The molecule has 0 amide bonds. The van der Waals surface area contributed by atoms with E-state index < -0.39 is 20.0 Å². The van der Waals surface area contributed by atoms with Gasteiger partial charge in [-0.3, -0.25) is 0 Å². The van der Waals surface area contributed by atoms with Crippen molar-refractivity contribution in [3.63, 3.8) is 0 Å². The topological polar surface area (TPSA) is 83.6 Å². The average molecular weight is 409 g/mol.